The quantitative estimate of drug-likeness (QED) is 0.730. The number of amides is 1. The topological polar surface area (TPSA) is 54.5 Å². The first-order valence-electron chi connectivity index (χ1n) is 9.44. The summed E-state index contributed by atoms with van der Waals surface area (Å²) in [5.41, 5.74) is 2.78. The molecule has 29 heavy (non-hydrogen) atoms. The molecule has 2 aromatic rings. The largest absolute Gasteiger partial charge is 0.465 e. The molecular formula is C20H25F3N4O2. The SMILES string of the molecule is C/C(=C\c1ccco1)CN1CCc2c(c(C(=O)N(C)C)nn2CCC(F)(F)F)C1. The lowest BCUT2D eigenvalue weighted by molar-refractivity contribution is -0.137. The third kappa shape index (κ3) is 5.29. The molecule has 3 heterocycles. The van der Waals surface area contributed by atoms with Crippen LogP contribution in [0, 0.1) is 0 Å². The van der Waals surface area contributed by atoms with E-state index >= 15 is 0 Å². The smallest absolute Gasteiger partial charge is 0.390 e. The van der Waals surface area contributed by atoms with E-state index in [0.29, 0.717) is 26.1 Å². The van der Waals surface area contributed by atoms with Gasteiger partial charge in [0.05, 0.1) is 12.7 Å². The fraction of sp³-hybridized carbons (Fsp3) is 0.500. The number of aromatic nitrogens is 2. The average molecular weight is 410 g/mol. The molecule has 3 rings (SSSR count). The van der Waals surface area contributed by atoms with E-state index in [1.54, 1.807) is 20.4 Å². The van der Waals surface area contributed by atoms with E-state index in [0.717, 1.165) is 22.6 Å². The molecule has 0 unspecified atom stereocenters. The van der Waals surface area contributed by atoms with Gasteiger partial charge in [0.1, 0.15) is 5.76 Å². The predicted molar refractivity (Wildman–Crippen MR) is 102 cm³/mol. The second-order valence-corrected chi connectivity index (χ2v) is 7.53. The third-order valence-electron chi connectivity index (χ3n) is 4.83. The van der Waals surface area contributed by atoms with Gasteiger partial charge in [-0.25, -0.2) is 0 Å². The molecule has 0 aliphatic carbocycles. The van der Waals surface area contributed by atoms with Gasteiger partial charge in [-0.2, -0.15) is 18.3 Å². The van der Waals surface area contributed by atoms with Crippen molar-refractivity contribution in [3.8, 4) is 0 Å². The highest BCUT2D eigenvalue weighted by Crippen LogP contribution is 2.27. The molecule has 0 radical (unpaired) electrons. The molecule has 1 aliphatic rings. The number of carbonyl (C=O) groups excluding carboxylic acids is 1. The Bertz CT molecular complexity index is 882. The van der Waals surface area contributed by atoms with E-state index in [2.05, 4.69) is 10.00 Å². The summed E-state index contributed by atoms with van der Waals surface area (Å²) < 4.78 is 44.8. The number of aryl methyl sites for hydroxylation is 1. The Morgan fingerprint density at radius 2 is 2.14 bits per heavy atom. The van der Waals surface area contributed by atoms with E-state index in [1.165, 1.54) is 9.58 Å². The Kier molecular flexibility index (Phi) is 6.16. The first-order valence-corrected chi connectivity index (χ1v) is 9.44. The molecule has 9 heteroatoms. The standard InChI is InChI=1S/C20H25F3N4O2/c1-14(11-15-5-4-10-29-15)12-26-8-6-17-16(13-26)18(19(28)25(2)3)24-27(17)9-7-20(21,22)23/h4-5,10-11H,6-9,12-13H2,1-3H3/b14-11+. The fourth-order valence-corrected chi connectivity index (χ4v) is 3.50. The number of rotatable bonds is 6. The highest BCUT2D eigenvalue weighted by molar-refractivity contribution is 5.93. The lowest BCUT2D eigenvalue weighted by Crippen LogP contribution is -2.33. The zero-order valence-electron chi connectivity index (χ0n) is 16.8. The van der Waals surface area contributed by atoms with Crippen LogP contribution in [0.4, 0.5) is 13.2 Å². The molecule has 2 aromatic heterocycles. The van der Waals surface area contributed by atoms with Crippen LogP contribution in [0.1, 0.15) is 40.9 Å². The highest BCUT2D eigenvalue weighted by atomic mass is 19.4. The van der Waals surface area contributed by atoms with Gasteiger partial charge >= 0.3 is 6.18 Å². The summed E-state index contributed by atoms with van der Waals surface area (Å²) in [6, 6.07) is 3.69. The minimum absolute atomic E-state index is 0.240. The van der Waals surface area contributed by atoms with Gasteiger partial charge in [-0.15, -0.1) is 0 Å². The number of furan rings is 1. The van der Waals surface area contributed by atoms with E-state index in [-0.39, 0.29) is 18.1 Å². The van der Waals surface area contributed by atoms with Gasteiger partial charge in [0, 0.05) is 58.0 Å². The van der Waals surface area contributed by atoms with Gasteiger partial charge in [-0.1, -0.05) is 5.57 Å². The highest BCUT2D eigenvalue weighted by Gasteiger charge is 2.31. The zero-order chi connectivity index (χ0) is 21.2. The maximum Gasteiger partial charge on any atom is 0.390 e. The van der Waals surface area contributed by atoms with Crippen LogP contribution < -0.4 is 0 Å². The van der Waals surface area contributed by atoms with Crippen LogP contribution in [0.3, 0.4) is 0 Å². The number of alkyl halides is 3. The number of halogens is 3. The summed E-state index contributed by atoms with van der Waals surface area (Å²) in [7, 11) is 3.22. The van der Waals surface area contributed by atoms with Crippen LogP contribution in [0.5, 0.6) is 0 Å². The summed E-state index contributed by atoms with van der Waals surface area (Å²) in [5, 5.41) is 4.26. The van der Waals surface area contributed by atoms with Crippen molar-refractivity contribution in [3.05, 3.63) is 46.7 Å². The summed E-state index contributed by atoms with van der Waals surface area (Å²) in [6.45, 7) is 3.55. The molecule has 0 saturated heterocycles. The Hall–Kier alpha value is -2.55. The van der Waals surface area contributed by atoms with Gasteiger partial charge in [0.25, 0.3) is 5.91 Å². The van der Waals surface area contributed by atoms with Crippen molar-refractivity contribution in [1.82, 2.24) is 19.6 Å². The van der Waals surface area contributed by atoms with E-state index in [9.17, 15) is 18.0 Å². The first kappa shape index (κ1) is 21.2. The molecule has 1 aliphatic heterocycles. The average Bonchev–Trinajstić information content (AvgIpc) is 3.26. The van der Waals surface area contributed by atoms with E-state index in [1.807, 2.05) is 25.1 Å². The number of hydrogen-bond acceptors (Lipinski definition) is 4. The molecule has 0 N–H and O–H groups in total. The number of hydrogen-bond donors (Lipinski definition) is 0. The maximum atomic E-state index is 12.7. The molecule has 0 bridgehead atoms. The van der Waals surface area contributed by atoms with E-state index in [4.69, 9.17) is 4.42 Å². The Morgan fingerprint density at radius 3 is 2.76 bits per heavy atom. The second kappa shape index (κ2) is 8.44. The van der Waals surface area contributed by atoms with Gasteiger partial charge < -0.3 is 9.32 Å². The van der Waals surface area contributed by atoms with Crippen LogP contribution >= 0.6 is 0 Å². The van der Waals surface area contributed by atoms with Crippen LogP contribution in [-0.2, 0) is 19.5 Å². The summed E-state index contributed by atoms with van der Waals surface area (Å²) in [5.74, 6) is 0.473. The normalized spacial score (nSPS) is 15.4. The molecule has 6 nitrogen and oxygen atoms in total. The van der Waals surface area contributed by atoms with Crippen molar-refractivity contribution >= 4 is 12.0 Å². The van der Waals surface area contributed by atoms with Crippen LogP contribution in [0.15, 0.2) is 28.4 Å². The minimum atomic E-state index is -4.26. The van der Waals surface area contributed by atoms with Crippen LogP contribution in [0.2, 0.25) is 0 Å². The molecule has 158 valence electrons. The van der Waals surface area contributed by atoms with Gasteiger partial charge in [-0.05, 0) is 25.1 Å². The summed E-state index contributed by atoms with van der Waals surface area (Å²) in [4.78, 5) is 16.1. The van der Waals surface area contributed by atoms with Crippen molar-refractivity contribution < 1.29 is 22.4 Å². The third-order valence-corrected chi connectivity index (χ3v) is 4.83. The Balaban J connectivity index is 1.81. The van der Waals surface area contributed by atoms with Crippen molar-refractivity contribution in [2.45, 2.75) is 39.0 Å². The zero-order valence-corrected chi connectivity index (χ0v) is 16.8. The van der Waals surface area contributed by atoms with Gasteiger partial charge in [0.15, 0.2) is 5.69 Å². The fourth-order valence-electron chi connectivity index (χ4n) is 3.50. The Morgan fingerprint density at radius 1 is 1.38 bits per heavy atom. The molecule has 1 amide bonds. The second-order valence-electron chi connectivity index (χ2n) is 7.53. The molecular weight excluding hydrogens is 385 g/mol. The number of nitrogens with zero attached hydrogens (tertiary/aromatic N) is 4. The molecule has 0 spiro atoms. The monoisotopic (exact) mass is 410 g/mol. The van der Waals surface area contributed by atoms with E-state index < -0.39 is 12.6 Å². The van der Waals surface area contributed by atoms with Crippen molar-refractivity contribution in [1.29, 1.82) is 0 Å². The predicted octanol–water partition coefficient (Wildman–Crippen LogP) is 3.59. The maximum absolute atomic E-state index is 12.7. The first-order chi connectivity index (χ1) is 13.6. The van der Waals surface area contributed by atoms with Crippen molar-refractivity contribution in [2.24, 2.45) is 0 Å². The van der Waals surface area contributed by atoms with Crippen molar-refractivity contribution in [3.63, 3.8) is 0 Å². The lowest BCUT2D eigenvalue weighted by Gasteiger charge is -2.28. The molecule has 0 saturated carbocycles. The number of fused-ring (bicyclic) bond motifs is 1. The molecule has 0 aromatic carbocycles. The van der Waals surface area contributed by atoms with Gasteiger partial charge in [-0.3, -0.25) is 14.4 Å². The van der Waals surface area contributed by atoms with Crippen LogP contribution in [0.25, 0.3) is 6.08 Å². The molecule has 0 atom stereocenters. The van der Waals surface area contributed by atoms with Gasteiger partial charge in [0.2, 0.25) is 0 Å². The summed E-state index contributed by atoms with van der Waals surface area (Å²) >= 11 is 0. The molecule has 0 fully saturated rings. The number of carbonyl (C=O) groups is 1. The van der Waals surface area contributed by atoms with Crippen LogP contribution in [-0.4, -0.2) is 58.8 Å². The van der Waals surface area contributed by atoms with Crippen molar-refractivity contribution in [2.75, 3.05) is 27.2 Å². The Labute approximate surface area is 167 Å². The lowest BCUT2D eigenvalue weighted by atomic mass is 10.0. The minimum Gasteiger partial charge on any atom is -0.465 e. The summed E-state index contributed by atoms with van der Waals surface area (Å²) in [6.07, 6.45) is -1.12.